The summed E-state index contributed by atoms with van der Waals surface area (Å²) in [6.45, 7) is 1.89. The van der Waals surface area contributed by atoms with Crippen molar-refractivity contribution in [2.45, 2.75) is 6.92 Å². The van der Waals surface area contributed by atoms with E-state index in [9.17, 15) is 9.18 Å². The number of nitrogens with one attached hydrogen (secondary N) is 1. The predicted octanol–water partition coefficient (Wildman–Crippen LogP) is 3.43. The first-order valence-electron chi connectivity index (χ1n) is 6.82. The summed E-state index contributed by atoms with van der Waals surface area (Å²) in [6.07, 6.45) is 6.20. The molecule has 23 heavy (non-hydrogen) atoms. The molecule has 1 amide bonds. The lowest BCUT2D eigenvalue weighted by Crippen LogP contribution is -2.08. The van der Waals surface area contributed by atoms with Gasteiger partial charge in [-0.2, -0.15) is 5.10 Å². The summed E-state index contributed by atoms with van der Waals surface area (Å²) in [5, 5.41) is 9.38. The van der Waals surface area contributed by atoms with Crippen molar-refractivity contribution in [3.63, 3.8) is 0 Å². The van der Waals surface area contributed by atoms with Crippen molar-refractivity contribution in [3.05, 3.63) is 64.6 Å². The van der Waals surface area contributed by atoms with Gasteiger partial charge in [-0.3, -0.25) is 4.79 Å². The number of hydrogen-bond acceptors (Lipinski definition) is 4. The fourth-order valence-corrected chi connectivity index (χ4v) is 2.56. The van der Waals surface area contributed by atoms with E-state index in [-0.39, 0.29) is 5.91 Å². The van der Waals surface area contributed by atoms with E-state index in [1.165, 1.54) is 28.2 Å². The van der Waals surface area contributed by atoms with Gasteiger partial charge in [0.15, 0.2) is 5.82 Å². The van der Waals surface area contributed by atoms with Crippen molar-refractivity contribution in [2.24, 2.45) is 0 Å². The van der Waals surface area contributed by atoms with Crippen LogP contribution in [0.4, 0.5) is 10.1 Å². The number of carbonyl (C=O) groups is 1. The molecular weight excluding hydrogens is 315 g/mol. The first kappa shape index (κ1) is 15.1. The van der Waals surface area contributed by atoms with Crippen molar-refractivity contribution in [3.8, 4) is 5.69 Å². The molecule has 0 radical (unpaired) electrons. The van der Waals surface area contributed by atoms with Gasteiger partial charge in [-0.1, -0.05) is 0 Å². The second-order valence-corrected chi connectivity index (χ2v) is 5.79. The predicted molar refractivity (Wildman–Crippen MR) is 88.0 cm³/mol. The van der Waals surface area contributed by atoms with E-state index < -0.39 is 5.82 Å². The van der Waals surface area contributed by atoms with Crippen LogP contribution in [0.3, 0.4) is 0 Å². The van der Waals surface area contributed by atoms with Crippen LogP contribution in [0.5, 0.6) is 0 Å². The minimum Gasteiger partial charge on any atom is -0.322 e. The summed E-state index contributed by atoms with van der Waals surface area (Å²) in [6, 6.07) is 6.15. The number of anilines is 1. The fraction of sp³-hybridized carbons (Fsp3) is 0.0625. The largest absolute Gasteiger partial charge is 0.322 e. The molecule has 3 rings (SSSR count). The highest BCUT2D eigenvalue weighted by molar-refractivity contribution is 7.09. The van der Waals surface area contributed by atoms with Gasteiger partial charge in [0.2, 0.25) is 5.91 Å². The Morgan fingerprint density at radius 3 is 2.96 bits per heavy atom. The molecule has 7 heteroatoms. The van der Waals surface area contributed by atoms with Gasteiger partial charge in [0, 0.05) is 29.5 Å². The van der Waals surface area contributed by atoms with Crippen molar-refractivity contribution in [1.29, 1.82) is 0 Å². The van der Waals surface area contributed by atoms with Crippen molar-refractivity contribution >= 4 is 29.0 Å². The van der Waals surface area contributed by atoms with Crippen molar-refractivity contribution in [2.75, 3.05) is 5.32 Å². The Labute approximate surface area is 136 Å². The lowest BCUT2D eigenvalue weighted by atomic mass is 10.2. The quantitative estimate of drug-likeness (QED) is 0.747. The molecule has 5 nitrogen and oxygen atoms in total. The van der Waals surface area contributed by atoms with Gasteiger partial charge < -0.3 is 5.32 Å². The normalized spacial score (nSPS) is 11.0. The van der Waals surface area contributed by atoms with Crippen molar-refractivity contribution in [1.82, 2.24) is 14.8 Å². The molecule has 0 saturated carbocycles. The van der Waals surface area contributed by atoms with Crippen LogP contribution in [0.15, 0.2) is 48.1 Å². The summed E-state index contributed by atoms with van der Waals surface area (Å²) in [7, 11) is 0. The van der Waals surface area contributed by atoms with Crippen LogP contribution in [-0.2, 0) is 4.79 Å². The number of rotatable bonds is 4. The zero-order chi connectivity index (χ0) is 16.2. The van der Waals surface area contributed by atoms with Gasteiger partial charge in [-0.15, -0.1) is 11.3 Å². The van der Waals surface area contributed by atoms with E-state index in [0.717, 1.165) is 10.7 Å². The van der Waals surface area contributed by atoms with Crippen LogP contribution >= 0.6 is 11.3 Å². The molecule has 0 fully saturated rings. The molecule has 0 aliphatic heterocycles. The molecule has 0 aliphatic carbocycles. The van der Waals surface area contributed by atoms with Crippen LogP contribution in [0.25, 0.3) is 11.8 Å². The first-order valence-corrected chi connectivity index (χ1v) is 7.70. The van der Waals surface area contributed by atoms with E-state index in [1.54, 1.807) is 36.7 Å². The number of aromatic nitrogens is 3. The number of thiazole rings is 1. The van der Waals surface area contributed by atoms with Crippen LogP contribution in [-0.4, -0.2) is 20.7 Å². The SMILES string of the molecule is Cc1nc(/C=C/C(=O)Nc2ccc(-n3cccn3)c(F)c2)cs1. The molecule has 2 heterocycles. The number of halogens is 1. The monoisotopic (exact) mass is 328 g/mol. The second-order valence-electron chi connectivity index (χ2n) is 4.73. The number of aryl methyl sites for hydroxylation is 1. The van der Waals surface area contributed by atoms with E-state index in [4.69, 9.17) is 0 Å². The third kappa shape index (κ3) is 3.70. The molecule has 2 aromatic heterocycles. The average molecular weight is 328 g/mol. The molecule has 3 aromatic rings. The standard InChI is InChI=1S/C16H13FN4OS/c1-11-19-13(10-23-11)4-6-16(22)20-12-3-5-15(14(17)9-12)21-8-2-7-18-21/h2-10H,1H3,(H,20,22)/b6-4+. The highest BCUT2D eigenvalue weighted by Crippen LogP contribution is 2.17. The number of benzene rings is 1. The van der Waals surface area contributed by atoms with Crippen LogP contribution in [0.2, 0.25) is 0 Å². The Hall–Kier alpha value is -2.80. The number of amides is 1. The molecule has 0 unspecified atom stereocenters. The maximum Gasteiger partial charge on any atom is 0.248 e. The van der Waals surface area contributed by atoms with Crippen LogP contribution < -0.4 is 5.32 Å². The van der Waals surface area contributed by atoms with E-state index in [1.807, 2.05) is 12.3 Å². The summed E-state index contributed by atoms with van der Waals surface area (Å²) in [5.74, 6) is -0.813. The van der Waals surface area contributed by atoms with Gasteiger partial charge in [0.1, 0.15) is 5.69 Å². The van der Waals surface area contributed by atoms with Gasteiger partial charge >= 0.3 is 0 Å². The zero-order valence-corrected chi connectivity index (χ0v) is 13.0. The van der Waals surface area contributed by atoms with E-state index >= 15 is 0 Å². The zero-order valence-electron chi connectivity index (χ0n) is 12.2. The number of carbonyl (C=O) groups excluding carboxylic acids is 1. The Bertz CT molecular complexity index is 855. The van der Waals surface area contributed by atoms with Gasteiger partial charge in [0.25, 0.3) is 0 Å². The van der Waals surface area contributed by atoms with E-state index in [0.29, 0.717) is 11.4 Å². The molecule has 0 spiro atoms. The van der Waals surface area contributed by atoms with Crippen LogP contribution in [0, 0.1) is 12.7 Å². The van der Waals surface area contributed by atoms with Crippen LogP contribution in [0.1, 0.15) is 10.7 Å². The van der Waals surface area contributed by atoms with E-state index in [2.05, 4.69) is 15.4 Å². The van der Waals surface area contributed by atoms with Gasteiger partial charge in [-0.05, 0) is 37.3 Å². The highest BCUT2D eigenvalue weighted by atomic mass is 32.1. The first-order chi connectivity index (χ1) is 11.1. The molecule has 0 saturated heterocycles. The molecule has 1 N–H and O–H groups in total. The van der Waals surface area contributed by atoms with Gasteiger partial charge in [0.05, 0.1) is 10.7 Å². The lowest BCUT2D eigenvalue weighted by Gasteiger charge is -2.06. The summed E-state index contributed by atoms with van der Waals surface area (Å²) >= 11 is 1.51. The number of hydrogen-bond donors (Lipinski definition) is 1. The van der Waals surface area contributed by atoms with Gasteiger partial charge in [-0.25, -0.2) is 14.1 Å². The second kappa shape index (κ2) is 6.53. The maximum absolute atomic E-state index is 14.1. The highest BCUT2D eigenvalue weighted by Gasteiger charge is 2.07. The molecule has 1 aromatic carbocycles. The molecule has 116 valence electrons. The Morgan fingerprint density at radius 1 is 1.43 bits per heavy atom. The summed E-state index contributed by atoms with van der Waals surface area (Å²) in [4.78, 5) is 16.1. The third-order valence-corrected chi connectivity index (χ3v) is 3.80. The lowest BCUT2D eigenvalue weighted by molar-refractivity contribution is -0.111. The molecule has 0 aliphatic rings. The summed E-state index contributed by atoms with van der Waals surface area (Å²) < 4.78 is 15.5. The maximum atomic E-state index is 14.1. The average Bonchev–Trinajstić information content (AvgIpc) is 3.17. The fourth-order valence-electron chi connectivity index (χ4n) is 1.98. The Balaban J connectivity index is 1.69. The van der Waals surface area contributed by atoms with Crippen molar-refractivity contribution < 1.29 is 9.18 Å². The molecular formula is C16H13FN4OS. The third-order valence-electron chi connectivity index (χ3n) is 3.01. The minimum absolute atomic E-state index is 0.321. The molecule has 0 bridgehead atoms. The molecule has 0 atom stereocenters. The minimum atomic E-state index is -0.467. The Kier molecular flexibility index (Phi) is 4.29. The smallest absolute Gasteiger partial charge is 0.248 e. The Morgan fingerprint density at radius 2 is 2.30 bits per heavy atom. The topological polar surface area (TPSA) is 59.8 Å². The number of nitrogens with zero attached hydrogens (tertiary/aromatic N) is 3. The summed E-state index contributed by atoms with van der Waals surface area (Å²) in [5.41, 5.74) is 1.42.